The van der Waals surface area contributed by atoms with Gasteiger partial charge in [-0.15, -0.1) is 0 Å². The highest BCUT2D eigenvalue weighted by molar-refractivity contribution is 7.75. The summed E-state index contributed by atoms with van der Waals surface area (Å²) in [6.45, 7) is -0.0746. The van der Waals surface area contributed by atoms with Gasteiger partial charge in [0, 0.05) is 5.69 Å². The van der Waals surface area contributed by atoms with E-state index in [4.69, 9.17) is 5.11 Å². The van der Waals surface area contributed by atoms with Gasteiger partial charge in [-0.2, -0.15) is 10.6 Å². The lowest BCUT2D eigenvalue weighted by molar-refractivity contribution is 0.260. The lowest BCUT2D eigenvalue weighted by Gasteiger charge is -2.15. The second kappa shape index (κ2) is 7.21. The number of aryl methyl sites for hydroxylation is 2. The van der Waals surface area contributed by atoms with Gasteiger partial charge in [-0.05, 0) is 66.3 Å². The van der Waals surface area contributed by atoms with E-state index in [9.17, 15) is 9.00 Å². The fourth-order valence-electron chi connectivity index (χ4n) is 3.94. The lowest BCUT2D eigenvalue weighted by Crippen LogP contribution is -2.11. The zero-order valence-corrected chi connectivity index (χ0v) is 15.3. The Balaban J connectivity index is 1.60. The van der Waals surface area contributed by atoms with Crippen LogP contribution in [0.2, 0.25) is 0 Å². The molecule has 0 atom stereocenters. The Labute approximate surface area is 154 Å². The second-order valence-corrected chi connectivity index (χ2v) is 7.96. The molecule has 0 bridgehead atoms. The number of carbonyl (C=O) groups is 1. The van der Waals surface area contributed by atoms with Gasteiger partial charge in [0.2, 0.25) is 0 Å². The molecule has 4 rings (SSSR count). The van der Waals surface area contributed by atoms with Gasteiger partial charge >= 0.3 is 6.03 Å². The summed E-state index contributed by atoms with van der Waals surface area (Å²) in [6.07, 6.45) is 6.30. The molecule has 2 aromatic carbocycles. The minimum atomic E-state index is -1.76. The number of nitrogens with zero attached hydrogens (tertiary/aromatic N) is 1. The zero-order valence-electron chi connectivity index (χ0n) is 14.5. The Morgan fingerprint density at radius 1 is 1.04 bits per heavy atom. The molecule has 0 radical (unpaired) electrons. The number of fused-ring (bicyclic) bond motifs is 2. The highest BCUT2D eigenvalue weighted by Crippen LogP contribution is 2.38. The molecule has 26 heavy (non-hydrogen) atoms. The average Bonchev–Trinajstić information content (AvgIpc) is 3.30. The van der Waals surface area contributed by atoms with Crippen LogP contribution in [0.1, 0.15) is 40.7 Å². The Bertz CT molecular complexity index is 912. The van der Waals surface area contributed by atoms with Gasteiger partial charge in [0.25, 0.3) is 0 Å². The van der Waals surface area contributed by atoms with E-state index < -0.39 is 16.6 Å². The van der Waals surface area contributed by atoms with Crippen molar-refractivity contribution < 1.29 is 14.1 Å². The van der Waals surface area contributed by atoms with Crippen molar-refractivity contribution >= 4 is 22.3 Å². The molecule has 0 spiro atoms. The molecule has 0 aliphatic heterocycles. The predicted octanol–water partition coefficient (Wildman–Crippen LogP) is 3.89. The first-order valence-electron chi connectivity index (χ1n) is 8.96. The van der Waals surface area contributed by atoms with Crippen molar-refractivity contribution in [3.8, 4) is 0 Å². The maximum atomic E-state index is 12.4. The van der Waals surface area contributed by atoms with Crippen molar-refractivity contribution in [1.29, 1.82) is 0 Å². The number of rotatable bonds is 3. The minimum absolute atomic E-state index is 0.0746. The number of benzene rings is 2. The fraction of sp³-hybridized carbons (Fsp3) is 0.350. The maximum Gasteiger partial charge on any atom is 0.322 e. The van der Waals surface area contributed by atoms with Gasteiger partial charge in [-0.25, -0.2) is 4.79 Å². The third kappa shape index (κ3) is 3.27. The van der Waals surface area contributed by atoms with E-state index in [1.807, 2.05) is 0 Å². The first kappa shape index (κ1) is 17.2. The van der Waals surface area contributed by atoms with Gasteiger partial charge in [0.05, 0.1) is 6.61 Å². The molecule has 2 N–H and O–H groups in total. The van der Waals surface area contributed by atoms with Crippen LogP contribution in [0.25, 0.3) is 0 Å². The molecule has 2 aliphatic carbocycles. The molecular weight excluding hydrogens is 348 g/mol. The number of amides is 2. The van der Waals surface area contributed by atoms with Crippen molar-refractivity contribution in [2.45, 2.75) is 50.0 Å². The maximum absolute atomic E-state index is 12.4. The van der Waals surface area contributed by atoms with E-state index in [1.165, 1.54) is 22.3 Å². The van der Waals surface area contributed by atoms with Crippen LogP contribution in [0.5, 0.6) is 0 Å². The van der Waals surface area contributed by atoms with Crippen molar-refractivity contribution in [2.75, 3.05) is 5.32 Å². The Kier molecular flexibility index (Phi) is 4.78. The topological polar surface area (TPSA) is 78.8 Å². The number of aliphatic hydroxyl groups is 1. The molecule has 0 fully saturated rings. The monoisotopic (exact) mass is 369 g/mol. The van der Waals surface area contributed by atoms with Crippen LogP contribution in [-0.2, 0) is 47.1 Å². The summed E-state index contributed by atoms with van der Waals surface area (Å²) in [5.74, 6) is 0. The molecule has 2 aliphatic rings. The van der Waals surface area contributed by atoms with Crippen LogP contribution >= 0.6 is 0 Å². The number of carbonyl (C=O) groups excluding carboxylic acids is 1. The van der Waals surface area contributed by atoms with Crippen molar-refractivity contribution in [3.05, 3.63) is 58.1 Å². The SMILES string of the molecule is O=C(N=[S-](=O)c1ccc(CO)cc1)Nc1c2c(cc3c1CCC3)CCC2. The Morgan fingerprint density at radius 3 is 2.23 bits per heavy atom. The molecule has 136 valence electrons. The number of anilines is 1. The molecule has 2 amide bonds. The van der Waals surface area contributed by atoms with Crippen molar-refractivity contribution in [2.24, 2.45) is 4.36 Å². The van der Waals surface area contributed by atoms with Crippen LogP contribution in [0, 0.1) is 0 Å². The number of hydrogen-bond donors (Lipinski definition) is 2. The summed E-state index contributed by atoms with van der Waals surface area (Å²) in [5, 5.41) is 12.0. The number of urea groups is 1. The second-order valence-electron chi connectivity index (χ2n) is 6.81. The number of hydrogen-bond acceptors (Lipinski definition) is 4. The number of aliphatic hydroxyl groups excluding tert-OH is 1. The normalized spacial score (nSPS) is 16.3. The zero-order chi connectivity index (χ0) is 18.1. The third-order valence-corrected chi connectivity index (χ3v) is 6.19. The van der Waals surface area contributed by atoms with Crippen LogP contribution < -0.4 is 5.32 Å². The molecular formula is C20H21N2O3S-. The van der Waals surface area contributed by atoms with Crippen molar-refractivity contribution in [3.63, 3.8) is 0 Å². The molecule has 0 unspecified atom stereocenters. The smallest absolute Gasteiger partial charge is 0.322 e. The van der Waals surface area contributed by atoms with E-state index in [0.29, 0.717) is 4.90 Å². The first-order valence-corrected chi connectivity index (χ1v) is 10.1. The first-order chi connectivity index (χ1) is 12.7. The molecule has 0 saturated heterocycles. The van der Waals surface area contributed by atoms with E-state index in [0.717, 1.165) is 49.8 Å². The molecule has 6 heteroatoms. The fourth-order valence-corrected chi connectivity index (χ4v) is 4.61. The summed E-state index contributed by atoms with van der Waals surface area (Å²) in [5.41, 5.74) is 6.77. The Hall–Kier alpha value is -2.18. The summed E-state index contributed by atoms with van der Waals surface area (Å²) in [4.78, 5) is 12.9. The van der Waals surface area contributed by atoms with Crippen LogP contribution in [-0.4, -0.2) is 11.1 Å². The molecule has 0 heterocycles. The highest BCUT2D eigenvalue weighted by atomic mass is 32.2. The third-order valence-electron chi connectivity index (χ3n) is 5.18. The minimum Gasteiger partial charge on any atom is -0.439 e. The molecule has 2 aromatic rings. The van der Waals surface area contributed by atoms with Gasteiger partial charge < -0.3 is 19.0 Å². The number of nitrogens with one attached hydrogen (secondary N) is 1. The predicted molar refractivity (Wildman–Crippen MR) is 101 cm³/mol. The van der Waals surface area contributed by atoms with Gasteiger partial charge in [0.15, 0.2) is 0 Å². The van der Waals surface area contributed by atoms with Gasteiger partial charge in [-0.1, -0.05) is 35.2 Å². The molecule has 0 saturated carbocycles. The van der Waals surface area contributed by atoms with Crippen molar-refractivity contribution in [1.82, 2.24) is 0 Å². The van der Waals surface area contributed by atoms with E-state index >= 15 is 0 Å². The summed E-state index contributed by atoms with van der Waals surface area (Å²) in [7, 11) is -1.76. The van der Waals surface area contributed by atoms with E-state index in [1.54, 1.807) is 24.3 Å². The largest absolute Gasteiger partial charge is 0.439 e. The molecule has 0 aromatic heterocycles. The van der Waals surface area contributed by atoms with Gasteiger partial charge in [0.1, 0.15) is 0 Å². The van der Waals surface area contributed by atoms with E-state index in [2.05, 4.69) is 15.7 Å². The summed E-state index contributed by atoms with van der Waals surface area (Å²) < 4.78 is 16.1. The highest BCUT2D eigenvalue weighted by Gasteiger charge is 2.24. The lowest BCUT2D eigenvalue weighted by atomic mass is 9.99. The average molecular weight is 369 g/mol. The Morgan fingerprint density at radius 2 is 1.65 bits per heavy atom. The molecule has 5 nitrogen and oxygen atoms in total. The van der Waals surface area contributed by atoms with Crippen LogP contribution in [0.3, 0.4) is 0 Å². The quantitative estimate of drug-likeness (QED) is 0.806. The summed E-state index contributed by atoms with van der Waals surface area (Å²) in [6, 6.07) is 8.34. The van der Waals surface area contributed by atoms with E-state index in [-0.39, 0.29) is 6.61 Å². The van der Waals surface area contributed by atoms with Crippen LogP contribution in [0.15, 0.2) is 39.6 Å². The van der Waals surface area contributed by atoms with Gasteiger partial charge in [-0.3, -0.25) is 0 Å². The van der Waals surface area contributed by atoms with Crippen LogP contribution in [0.4, 0.5) is 10.5 Å². The summed E-state index contributed by atoms with van der Waals surface area (Å²) >= 11 is 0. The standard InChI is InChI=1S/C20H21N2O3S/c23-12-13-7-9-16(10-8-13)26(25)22-20(24)21-19-17-5-1-3-14(17)11-15-4-2-6-18(15)19/h7-11,23H,1-6,12H2,(H,21,24)/q-1.